The third kappa shape index (κ3) is 3.20. The predicted molar refractivity (Wildman–Crippen MR) is 91.8 cm³/mol. The number of β-amino-alcohol motifs (C(OH)–C–C–N with tert-alkyl or cyclic N) is 1. The van der Waals surface area contributed by atoms with Crippen LogP contribution in [0.5, 0.6) is 0 Å². The highest BCUT2D eigenvalue weighted by Gasteiger charge is 2.38. The molecule has 3 heterocycles. The van der Waals surface area contributed by atoms with Crippen molar-refractivity contribution in [1.29, 1.82) is 0 Å². The van der Waals surface area contributed by atoms with Crippen LogP contribution in [-0.2, 0) is 12.1 Å². The van der Waals surface area contributed by atoms with Gasteiger partial charge in [-0.25, -0.2) is 4.68 Å². The lowest BCUT2D eigenvalue weighted by atomic mass is 9.90. The van der Waals surface area contributed by atoms with Gasteiger partial charge in [0.05, 0.1) is 12.7 Å². The Morgan fingerprint density at radius 3 is 2.76 bits per heavy atom. The highest BCUT2D eigenvalue weighted by Crippen LogP contribution is 2.37. The van der Waals surface area contributed by atoms with Crippen LogP contribution < -0.4 is 0 Å². The van der Waals surface area contributed by atoms with Crippen LogP contribution in [0.3, 0.4) is 0 Å². The summed E-state index contributed by atoms with van der Waals surface area (Å²) >= 11 is 0. The summed E-state index contributed by atoms with van der Waals surface area (Å²) in [6, 6.07) is 0.809. The number of hydrogen-bond acceptors (Lipinski definition) is 6. The fourth-order valence-corrected chi connectivity index (χ4v) is 3.74. The van der Waals surface area contributed by atoms with Crippen LogP contribution in [-0.4, -0.2) is 52.9 Å². The van der Waals surface area contributed by atoms with E-state index in [0.717, 1.165) is 31.2 Å². The molecule has 8 heteroatoms. The SMILES string of the molecule is Cc1nnc(CN2CCCC(O)(c3cn(C(C)C)nn3)C2)n1C1CC1. The molecule has 0 amide bonds. The third-order valence-electron chi connectivity index (χ3n) is 5.28. The van der Waals surface area contributed by atoms with Crippen molar-refractivity contribution >= 4 is 0 Å². The van der Waals surface area contributed by atoms with Crippen molar-refractivity contribution in [2.45, 2.75) is 70.7 Å². The molecule has 1 saturated carbocycles. The van der Waals surface area contributed by atoms with Gasteiger partial charge in [0.1, 0.15) is 22.9 Å². The van der Waals surface area contributed by atoms with Gasteiger partial charge < -0.3 is 9.67 Å². The number of likely N-dealkylation sites (tertiary alicyclic amines) is 1. The van der Waals surface area contributed by atoms with E-state index < -0.39 is 5.60 Å². The van der Waals surface area contributed by atoms with Crippen molar-refractivity contribution in [3.05, 3.63) is 23.5 Å². The Labute approximate surface area is 147 Å². The van der Waals surface area contributed by atoms with Gasteiger partial charge in [-0.1, -0.05) is 5.21 Å². The first-order valence-electron chi connectivity index (χ1n) is 9.24. The van der Waals surface area contributed by atoms with Gasteiger partial charge in [0.15, 0.2) is 0 Å². The van der Waals surface area contributed by atoms with Gasteiger partial charge >= 0.3 is 0 Å². The van der Waals surface area contributed by atoms with Gasteiger partial charge in [0.2, 0.25) is 0 Å². The molecular formula is C17H27N7O. The second-order valence-corrected chi connectivity index (χ2v) is 7.79. The van der Waals surface area contributed by atoms with Crippen molar-refractivity contribution < 1.29 is 5.11 Å². The summed E-state index contributed by atoms with van der Waals surface area (Å²) in [5, 5.41) is 28.2. The second kappa shape index (κ2) is 6.17. The van der Waals surface area contributed by atoms with E-state index in [2.05, 4.69) is 43.8 Å². The van der Waals surface area contributed by atoms with Crippen LogP contribution in [0.4, 0.5) is 0 Å². The number of rotatable bonds is 5. The zero-order valence-electron chi connectivity index (χ0n) is 15.3. The molecule has 2 aromatic heterocycles. The largest absolute Gasteiger partial charge is 0.382 e. The normalized spacial score (nSPS) is 25.0. The van der Waals surface area contributed by atoms with E-state index in [1.165, 1.54) is 12.8 Å². The van der Waals surface area contributed by atoms with Crippen LogP contribution in [0.15, 0.2) is 6.20 Å². The summed E-state index contributed by atoms with van der Waals surface area (Å²) in [6.45, 7) is 8.37. The molecule has 0 aromatic carbocycles. The van der Waals surface area contributed by atoms with Gasteiger partial charge in [-0.3, -0.25) is 4.90 Å². The Bertz CT molecular complexity index is 748. The van der Waals surface area contributed by atoms with E-state index in [0.29, 0.717) is 24.7 Å². The van der Waals surface area contributed by atoms with E-state index >= 15 is 0 Å². The maximum absolute atomic E-state index is 11.2. The van der Waals surface area contributed by atoms with Gasteiger partial charge in [-0.05, 0) is 53.0 Å². The Morgan fingerprint density at radius 2 is 2.08 bits per heavy atom. The summed E-state index contributed by atoms with van der Waals surface area (Å²) in [7, 11) is 0. The summed E-state index contributed by atoms with van der Waals surface area (Å²) in [5.74, 6) is 2.00. The number of aryl methyl sites for hydroxylation is 1. The van der Waals surface area contributed by atoms with E-state index in [-0.39, 0.29) is 6.04 Å². The molecule has 1 aliphatic heterocycles. The average molecular weight is 345 g/mol. The number of nitrogens with zero attached hydrogens (tertiary/aromatic N) is 7. The lowest BCUT2D eigenvalue weighted by Gasteiger charge is -2.37. The Morgan fingerprint density at radius 1 is 1.28 bits per heavy atom. The van der Waals surface area contributed by atoms with Crippen LogP contribution in [0, 0.1) is 6.92 Å². The van der Waals surface area contributed by atoms with Crippen molar-refractivity contribution in [3.8, 4) is 0 Å². The minimum absolute atomic E-state index is 0.240. The molecule has 2 aliphatic rings. The lowest BCUT2D eigenvalue weighted by molar-refractivity contribution is -0.0423. The molecular weight excluding hydrogens is 318 g/mol. The van der Waals surface area contributed by atoms with E-state index in [9.17, 15) is 5.11 Å². The van der Waals surface area contributed by atoms with Crippen LogP contribution in [0.2, 0.25) is 0 Å². The zero-order valence-corrected chi connectivity index (χ0v) is 15.3. The molecule has 1 N–H and O–H groups in total. The first kappa shape index (κ1) is 16.7. The Hall–Kier alpha value is -1.80. The molecule has 2 fully saturated rings. The summed E-state index contributed by atoms with van der Waals surface area (Å²) in [6.07, 6.45) is 5.96. The van der Waals surface area contributed by atoms with Crippen molar-refractivity contribution in [2.24, 2.45) is 0 Å². The maximum Gasteiger partial charge on any atom is 0.147 e. The molecule has 136 valence electrons. The topological polar surface area (TPSA) is 84.9 Å². The highest BCUT2D eigenvalue weighted by atomic mass is 16.3. The van der Waals surface area contributed by atoms with Crippen LogP contribution in [0.25, 0.3) is 0 Å². The smallest absolute Gasteiger partial charge is 0.147 e. The van der Waals surface area contributed by atoms with Crippen molar-refractivity contribution in [3.63, 3.8) is 0 Å². The summed E-state index contributed by atoms with van der Waals surface area (Å²) < 4.78 is 4.07. The number of piperidine rings is 1. The lowest BCUT2D eigenvalue weighted by Crippen LogP contribution is -2.46. The highest BCUT2D eigenvalue weighted by molar-refractivity contribution is 5.10. The molecule has 0 bridgehead atoms. The van der Waals surface area contributed by atoms with Crippen LogP contribution in [0.1, 0.15) is 69.0 Å². The average Bonchev–Trinajstić information content (AvgIpc) is 3.13. The Balaban J connectivity index is 1.50. The second-order valence-electron chi connectivity index (χ2n) is 7.79. The minimum atomic E-state index is -0.940. The van der Waals surface area contributed by atoms with E-state index in [1.54, 1.807) is 4.68 Å². The molecule has 2 aromatic rings. The van der Waals surface area contributed by atoms with E-state index in [1.807, 2.05) is 13.1 Å². The van der Waals surface area contributed by atoms with Gasteiger partial charge in [-0.2, -0.15) is 0 Å². The predicted octanol–water partition coefficient (Wildman–Crippen LogP) is 1.58. The number of aromatic nitrogens is 6. The third-order valence-corrected chi connectivity index (χ3v) is 5.28. The molecule has 25 heavy (non-hydrogen) atoms. The first-order valence-corrected chi connectivity index (χ1v) is 9.24. The molecule has 8 nitrogen and oxygen atoms in total. The minimum Gasteiger partial charge on any atom is -0.382 e. The van der Waals surface area contributed by atoms with Crippen molar-refractivity contribution in [1.82, 2.24) is 34.7 Å². The molecule has 4 rings (SSSR count). The molecule has 1 saturated heterocycles. The molecule has 1 aliphatic carbocycles. The Kier molecular flexibility index (Phi) is 4.11. The maximum atomic E-state index is 11.2. The monoisotopic (exact) mass is 345 g/mol. The van der Waals surface area contributed by atoms with Crippen molar-refractivity contribution in [2.75, 3.05) is 13.1 Å². The molecule has 1 unspecified atom stereocenters. The standard InChI is InChI=1S/C17H27N7O/c1-12(2)23-9-15(19-21-23)17(25)7-4-8-22(11-17)10-16-20-18-13(3)24(16)14-5-6-14/h9,12,14,25H,4-8,10-11H2,1-3H3. The molecule has 1 atom stereocenters. The van der Waals surface area contributed by atoms with Gasteiger partial charge in [0, 0.05) is 18.6 Å². The van der Waals surface area contributed by atoms with Gasteiger partial charge in [-0.15, -0.1) is 15.3 Å². The van der Waals surface area contributed by atoms with E-state index in [4.69, 9.17) is 0 Å². The fourth-order valence-electron chi connectivity index (χ4n) is 3.74. The summed E-state index contributed by atoms with van der Waals surface area (Å²) in [4.78, 5) is 2.26. The molecule has 0 radical (unpaired) electrons. The molecule has 0 spiro atoms. The number of aliphatic hydroxyl groups is 1. The van der Waals surface area contributed by atoms with Gasteiger partial charge in [0.25, 0.3) is 0 Å². The first-order chi connectivity index (χ1) is 12.0. The quantitative estimate of drug-likeness (QED) is 0.885. The number of hydrogen-bond donors (Lipinski definition) is 1. The van der Waals surface area contributed by atoms with Crippen LogP contribution >= 0.6 is 0 Å². The zero-order chi connectivity index (χ0) is 17.6. The summed E-state index contributed by atoms with van der Waals surface area (Å²) in [5.41, 5.74) is -0.268. The fraction of sp³-hybridized carbons (Fsp3) is 0.765.